The molecule has 0 aromatic heterocycles. The summed E-state index contributed by atoms with van der Waals surface area (Å²) in [6.07, 6.45) is 0. The van der Waals surface area contributed by atoms with E-state index in [1.165, 1.54) is 17.7 Å². The molecule has 1 aliphatic carbocycles. The Bertz CT molecular complexity index is 1270. The first-order valence-electron chi connectivity index (χ1n) is 10.9. The molecule has 2 N–H and O–H groups in total. The fourth-order valence-electron chi connectivity index (χ4n) is 4.30. The molecule has 4 rings (SSSR count). The van der Waals surface area contributed by atoms with Crippen LogP contribution in [-0.2, 0) is 0 Å². The second-order valence-electron chi connectivity index (χ2n) is 8.88. The third kappa shape index (κ3) is 4.58. The molecular formula is C28H27Cl2FN2O. The number of nitrogens with one attached hydrogen (secondary N) is 1. The third-order valence-electron chi connectivity index (χ3n) is 6.45. The molecule has 0 saturated heterocycles. The Morgan fingerprint density at radius 1 is 1.06 bits per heavy atom. The van der Waals surface area contributed by atoms with Crippen molar-refractivity contribution in [2.75, 3.05) is 17.3 Å². The SMILES string of the molecule is C=C(Nc1ccc(C)c(C(=C)N(C)c2ccc(C)cc2)c1)C1C(c2ccc(F)c(Cl)c2)C1(O)Cl. The van der Waals surface area contributed by atoms with Gasteiger partial charge in [0.05, 0.1) is 10.9 Å². The van der Waals surface area contributed by atoms with Gasteiger partial charge in [-0.1, -0.05) is 66.2 Å². The van der Waals surface area contributed by atoms with Gasteiger partial charge in [0.15, 0.2) is 5.06 Å². The van der Waals surface area contributed by atoms with Gasteiger partial charge in [0.1, 0.15) is 5.82 Å². The second-order valence-corrected chi connectivity index (χ2v) is 9.89. The largest absolute Gasteiger partial charge is 0.374 e. The van der Waals surface area contributed by atoms with E-state index in [2.05, 4.69) is 49.7 Å². The van der Waals surface area contributed by atoms with E-state index >= 15 is 0 Å². The number of benzene rings is 3. The van der Waals surface area contributed by atoms with Gasteiger partial charge >= 0.3 is 0 Å². The predicted octanol–water partition coefficient (Wildman–Crippen LogP) is 7.47. The standard InChI is InChI=1S/C28H27Cl2FN2O/c1-16-6-11-22(12-7-16)33(5)19(4)23-15-21(10-8-17(23)2)32-18(3)26-27(28(26,30)34)20-9-13-25(31)24(29)14-20/h6-15,26-27,32,34H,3-4H2,1-2,5H3. The van der Waals surface area contributed by atoms with Gasteiger partial charge in [0.25, 0.3) is 0 Å². The van der Waals surface area contributed by atoms with Crippen molar-refractivity contribution in [1.82, 2.24) is 0 Å². The maximum Gasteiger partial charge on any atom is 0.155 e. The van der Waals surface area contributed by atoms with Crippen LogP contribution in [-0.4, -0.2) is 17.2 Å². The quantitative estimate of drug-likeness (QED) is 0.333. The summed E-state index contributed by atoms with van der Waals surface area (Å²) in [5.74, 6) is -1.42. The molecule has 0 heterocycles. The van der Waals surface area contributed by atoms with Gasteiger partial charge in [-0.05, 0) is 61.4 Å². The first-order chi connectivity index (χ1) is 16.0. The lowest BCUT2D eigenvalue weighted by Crippen LogP contribution is -2.15. The molecular weight excluding hydrogens is 470 g/mol. The van der Waals surface area contributed by atoms with Crippen LogP contribution in [0.3, 0.4) is 0 Å². The summed E-state index contributed by atoms with van der Waals surface area (Å²) in [6.45, 7) is 12.5. The summed E-state index contributed by atoms with van der Waals surface area (Å²) in [7, 11) is 1.99. The molecule has 3 nitrogen and oxygen atoms in total. The fourth-order valence-corrected chi connectivity index (χ4v) is 4.94. The van der Waals surface area contributed by atoms with Crippen LogP contribution >= 0.6 is 23.2 Å². The van der Waals surface area contributed by atoms with Crippen LogP contribution in [0.1, 0.15) is 28.2 Å². The molecule has 3 atom stereocenters. The second kappa shape index (κ2) is 9.10. The number of hydrogen-bond acceptors (Lipinski definition) is 3. The van der Waals surface area contributed by atoms with E-state index in [-0.39, 0.29) is 5.02 Å². The lowest BCUT2D eigenvalue weighted by molar-refractivity contribution is 0.219. The smallest absolute Gasteiger partial charge is 0.155 e. The number of hydrogen-bond donors (Lipinski definition) is 2. The van der Waals surface area contributed by atoms with Gasteiger partial charge in [-0.3, -0.25) is 0 Å². The number of anilines is 2. The number of alkyl halides is 1. The Morgan fingerprint density at radius 2 is 1.74 bits per heavy atom. The van der Waals surface area contributed by atoms with E-state index in [1.807, 2.05) is 37.1 Å². The molecule has 0 radical (unpaired) electrons. The molecule has 3 unspecified atom stereocenters. The van der Waals surface area contributed by atoms with Crippen molar-refractivity contribution in [2.45, 2.75) is 24.8 Å². The van der Waals surface area contributed by atoms with Crippen molar-refractivity contribution in [2.24, 2.45) is 5.92 Å². The minimum atomic E-state index is -1.52. The maximum atomic E-state index is 13.6. The van der Waals surface area contributed by atoms with Gasteiger partial charge in [0.2, 0.25) is 0 Å². The molecule has 6 heteroatoms. The molecule has 34 heavy (non-hydrogen) atoms. The molecule has 0 spiro atoms. The third-order valence-corrected chi connectivity index (χ3v) is 7.21. The van der Waals surface area contributed by atoms with E-state index < -0.39 is 22.7 Å². The van der Waals surface area contributed by atoms with Crippen molar-refractivity contribution < 1.29 is 9.50 Å². The molecule has 0 aliphatic heterocycles. The summed E-state index contributed by atoms with van der Waals surface area (Å²) in [5, 5.41) is 12.5. The Hall–Kier alpha value is -2.79. The molecule has 0 amide bonds. The van der Waals surface area contributed by atoms with Crippen LogP contribution in [0.2, 0.25) is 5.02 Å². The van der Waals surface area contributed by atoms with Crippen molar-refractivity contribution in [3.63, 3.8) is 0 Å². The molecule has 0 bridgehead atoms. The fraction of sp³-hybridized carbons (Fsp3) is 0.214. The van der Waals surface area contributed by atoms with Crippen molar-refractivity contribution in [3.05, 3.63) is 113 Å². The normalized spacial score (nSPS) is 21.1. The first kappa shape index (κ1) is 24.3. The topological polar surface area (TPSA) is 35.5 Å². The molecule has 1 saturated carbocycles. The zero-order valence-electron chi connectivity index (χ0n) is 19.4. The average Bonchev–Trinajstić information content (AvgIpc) is 3.38. The molecule has 3 aromatic rings. The Kier molecular flexibility index (Phi) is 6.52. The molecule has 3 aromatic carbocycles. The highest BCUT2D eigenvalue weighted by molar-refractivity contribution is 6.31. The number of nitrogens with zero attached hydrogens (tertiary/aromatic N) is 1. The summed E-state index contributed by atoms with van der Waals surface area (Å²) in [5.41, 5.74) is 7.20. The Balaban J connectivity index is 1.53. The van der Waals surface area contributed by atoms with Gasteiger partial charge in [0, 0.05) is 41.3 Å². The first-order valence-corrected chi connectivity index (χ1v) is 11.7. The van der Waals surface area contributed by atoms with E-state index in [1.54, 1.807) is 6.07 Å². The zero-order valence-corrected chi connectivity index (χ0v) is 20.9. The van der Waals surface area contributed by atoms with Crippen molar-refractivity contribution in [3.8, 4) is 0 Å². The summed E-state index contributed by atoms with van der Waals surface area (Å²) < 4.78 is 13.6. The highest BCUT2D eigenvalue weighted by atomic mass is 35.5. The van der Waals surface area contributed by atoms with Crippen LogP contribution in [0.4, 0.5) is 15.8 Å². The number of aryl methyl sites for hydroxylation is 2. The van der Waals surface area contributed by atoms with Crippen LogP contribution in [0.25, 0.3) is 5.70 Å². The number of halogens is 3. The van der Waals surface area contributed by atoms with Crippen LogP contribution in [0.5, 0.6) is 0 Å². The van der Waals surface area contributed by atoms with Crippen LogP contribution in [0, 0.1) is 25.6 Å². The van der Waals surface area contributed by atoms with E-state index in [0.29, 0.717) is 11.3 Å². The van der Waals surface area contributed by atoms with Crippen LogP contribution < -0.4 is 10.2 Å². The predicted molar refractivity (Wildman–Crippen MR) is 141 cm³/mol. The lowest BCUT2D eigenvalue weighted by atomic mass is 10.0. The molecule has 1 aliphatic rings. The summed E-state index contributed by atoms with van der Waals surface area (Å²) in [4.78, 5) is 2.05. The average molecular weight is 497 g/mol. The van der Waals surface area contributed by atoms with Gasteiger partial charge < -0.3 is 15.3 Å². The lowest BCUT2D eigenvalue weighted by Gasteiger charge is -2.24. The van der Waals surface area contributed by atoms with Gasteiger partial charge in [-0.2, -0.15) is 0 Å². The van der Waals surface area contributed by atoms with Gasteiger partial charge in [-0.25, -0.2) is 4.39 Å². The Morgan fingerprint density at radius 3 is 2.38 bits per heavy atom. The Labute approximate surface area is 210 Å². The molecule has 176 valence electrons. The minimum Gasteiger partial charge on any atom is -0.374 e. The van der Waals surface area contributed by atoms with Gasteiger partial charge in [-0.15, -0.1) is 0 Å². The van der Waals surface area contributed by atoms with E-state index in [0.717, 1.165) is 28.2 Å². The summed E-state index contributed by atoms with van der Waals surface area (Å²) >= 11 is 12.3. The van der Waals surface area contributed by atoms with Crippen molar-refractivity contribution in [1.29, 1.82) is 0 Å². The highest BCUT2D eigenvalue weighted by Gasteiger charge is 2.65. The summed E-state index contributed by atoms with van der Waals surface area (Å²) in [6, 6.07) is 18.6. The monoisotopic (exact) mass is 496 g/mol. The molecule has 1 fully saturated rings. The van der Waals surface area contributed by atoms with E-state index in [9.17, 15) is 9.50 Å². The number of aliphatic hydroxyl groups is 1. The number of rotatable bonds is 7. The van der Waals surface area contributed by atoms with E-state index in [4.69, 9.17) is 23.2 Å². The maximum absolute atomic E-state index is 13.6. The van der Waals surface area contributed by atoms with Crippen molar-refractivity contribution >= 4 is 40.3 Å². The highest BCUT2D eigenvalue weighted by Crippen LogP contribution is 2.63. The minimum absolute atomic E-state index is 0.00595. The van der Waals surface area contributed by atoms with Crippen LogP contribution in [0.15, 0.2) is 79.5 Å². The zero-order chi connectivity index (χ0) is 24.8.